The number of anilines is 2. The molecular formula is C28H30N4O3. The summed E-state index contributed by atoms with van der Waals surface area (Å²) in [6, 6.07) is 15.1. The van der Waals surface area contributed by atoms with Gasteiger partial charge in [-0.05, 0) is 55.5 Å². The van der Waals surface area contributed by atoms with Crippen LogP contribution in [0.1, 0.15) is 56.3 Å². The summed E-state index contributed by atoms with van der Waals surface area (Å²) < 4.78 is 6.33. The first-order valence-corrected chi connectivity index (χ1v) is 12.8. The quantitative estimate of drug-likeness (QED) is 0.540. The van der Waals surface area contributed by atoms with E-state index in [1.54, 1.807) is 6.92 Å². The molecule has 3 fully saturated rings. The summed E-state index contributed by atoms with van der Waals surface area (Å²) in [4.78, 5) is 32.5. The lowest BCUT2D eigenvalue weighted by atomic mass is 9.50. The number of carbonyl (C=O) groups excluding carboxylic acids is 2. The van der Waals surface area contributed by atoms with Gasteiger partial charge in [0.15, 0.2) is 0 Å². The van der Waals surface area contributed by atoms with Crippen LogP contribution in [-0.2, 0) is 25.2 Å². The van der Waals surface area contributed by atoms with Crippen molar-refractivity contribution in [3.63, 3.8) is 0 Å². The van der Waals surface area contributed by atoms with E-state index in [1.165, 1.54) is 16.7 Å². The van der Waals surface area contributed by atoms with Crippen LogP contribution >= 0.6 is 0 Å². The Morgan fingerprint density at radius 3 is 2.60 bits per heavy atom. The van der Waals surface area contributed by atoms with Crippen LogP contribution in [0.2, 0.25) is 0 Å². The zero-order valence-corrected chi connectivity index (χ0v) is 20.3. The maximum atomic E-state index is 13.2. The van der Waals surface area contributed by atoms with E-state index in [0.717, 1.165) is 43.7 Å². The number of likely N-dealkylation sites (tertiary alicyclic amines) is 1. The van der Waals surface area contributed by atoms with Crippen molar-refractivity contribution in [1.29, 1.82) is 0 Å². The van der Waals surface area contributed by atoms with Gasteiger partial charge in [0.2, 0.25) is 12.3 Å². The summed E-state index contributed by atoms with van der Waals surface area (Å²) in [5.74, 6) is 0.118. The van der Waals surface area contributed by atoms with Gasteiger partial charge in [-0.15, -0.1) is 0 Å². The first-order chi connectivity index (χ1) is 16.9. The molecule has 0 radical (unpaired) electrons. The minimum Gasteiger partial charge on any atom is -0.365 e. The molecule has 2 aromatic carbocycles. The van der Waals surface area contributed by atoms with Gasteiger partial charge in [0.05, 0.1) is 23.2 Å². The second-order valence-electron chi connectivity index (χ2n) is 11.7. The molecule has 7 unspecified atom stereocenters. The minimum atomic E-state index is -0.326. The number of nitrogens with zero attached hydrogens (tertiary/aromatic N) is 3. The molecule has 2 amide bonds. The lowest BCUT2D eigenvalue weighted by molar-refractivity contribution is -0.140. The van der Waals surface area contributed by atoms with Crippen molar-refractivity contribution < 1.29 is 14.3 Å². The van der Waals surface area contributed by atoms with Crippen molar-refractivity contribution in [2.45, 2.75) is 74.5 Å². The topological polar surface area (TPSA) is 68.4 Å². The Bertz CT molecular complexity index is 1330. The van der Waals surface area contributed by atoms with Crippen LogP contribution in [-0.4, -0.2) is 59.2 Å². The van der Waals surface area contributed by atoms with Gasteiger partial charge < -0.3 is 15.0 Å². The van der Waals surface area contributed by atoms with Gasteiger partial charge in [0.1, 0.15) is 12.3 Å². The molecular weight excluding hydrogens is 440 g/mol. The Hall–Kier alpha value is -2.90. The molecule has 6 aliphatic rings. The van der Waals surface area contributed by atoms with E-state index in [9.17, 15) is 9.59 Å². The maximum Gasteiger partial charge on any atom is 0.220 e. The van der Waals surface area contributed by atoms with Crippen LogP contribution in [0.5, 0.6) is 0 Å². The largest absolute Gasteiger partial charge is 0.365 e. The first kappa shape index (κ1) is 20.3. The van der Waals surface area contributed by atoms with Crippen LogP contribution in [0, 0.1) is 0 Å². The molecule has 0 aliphatic carbocycles. The summed E-state index contributed by atoms with van der Waals surface area (Å²) >= 11 is 0. The highest BCUT2D eigenvalue weighted by Gasteiger charge is 2.77. The molecule has 2 bridgehead atoms. The van der Waals surface area contributed by atoms with Crippen molar-refractivity contribution in [2.75, 3.05) is 23.3 Å². The highest BCUT2D eigenvalue weighted by Crippen LogP contribution is 2.72. The molecule has 180 valence electrons. The van der Waals surface area contributed by atoms with E-state index >= 15 is 0 Å². The zero-order valence-electron chi connectivity index (χ0n) is 20.3. The Morgan fingerprint density at radius 1 is 1.09 bits per heavy atom. The van der Waals surface area contributed by atoms with Gasteiger partial charge in [-0.2, -0.15) is 0 Å². The highest BCUT2D eigenvalue weighted by molar-refractivity contribution is 5.89. The fraction of sp³-hybridized carbons (Fsp3) is 0.500. The molecule has 1 N–H and O–H groups in total. The molecule has 8 rings (SSSR count). The average molecular weight is 471 g/mol. The Balaban J connectivity index is 1.52. The van der Waals surface area contributed by atoms with Crippen LogP contribution in [0.25, 0.3) is 0 Å². The number of carbonyl (C=O) groups is 2. The predicted molar refractivity (Wildman–Crippen MR) is 131 cm³/mol. The standard InChI is InChI=1S/C28H30N4O3/c1-16(34)30-13-11-27-18-8-4-5-9-19(18)29-24-28(27)12-14-31(25(27)30)22(23-26(2,3)35-23)17-7-6-10-20(21(17)28)32(24)15-33/h4-10,15,22-25,29H,11-14H2,1-3H3. The number of nitrogens with one attached hydrogen (secondary N) is 1. The normalized spacial score (nSPS) is 40.4. The van der Waals surface area contributed by atoms with Crippen molar-refractivity contribution in [2.24, 2.45) is 0 Å². The molecule has 6 aliphatic heterocycles. The van der Waals surface area contributed by atoms with Gasteiger partial charge >= 0.3 is 0 Å². The second kappa shape index (κ2) is 6.08. The average Bonchev–Trinajstić information content (AvgIpc) is 3.21. The molecule has 3 saturated heterocycles. The number of piperidine rings is 1. The molecule has 2 aromatic rings. The second-order valence-corrected chi connectivity index (χ2v) is 11.7. The van der Waals surface area contributed by atoms with E-state index < -0.39 is 0 Å². The molecule has 7 nitrogen and oxygen atoms in total. The number of para-hydroxylation sites is 1. The number of amides is 2. The summed E-state index contributed by atoms with van der Waals surface area (Å²) in [6.45, 7) is 7.61. The Labute approximate surface area is 205 Å². The fourth-order valence-corrected chi connectivity index (χ4v) is 8.97. The molecule has 7 heteroatoms. The smallest absolute Gasteiger partial charge is 0.220 e. The van der Waals surface area contributed by atoms with E-state index in [1.807, 2.05) is 4.90 Å². The van der Waals surface area contributed by atoms with Gasteiger partial charge in [-0.3, -0.25) is 19.4 Å². The highest BCUT2D eigenvalue weighted by atomic mass is 16.6. The Kier molecular flexibility index (Phi) is 3.53. The van der Waals surface area contributed by atoms with E-state index in [0.29, 0.717) is 0 Å². The number of ether oxygens (including phenoxy) is 1. The Morgan fingerprint density at radius 2 is 1.86 bits per heavy atom. The van der Waals surface area contributed by atoms with Crippen LogP contribution in [0.4, 0.5) is 11.4 Å². The lowest BCUT2D eigenvalue weighted by Gasteiger charge is -2.62. The molecule has 0 saturated carbocycles. The third kappa shape index (κ3) is 2.02. The van der Waals surface area contributed by atoms with Crippen molar-refractivity contribution in [1.82, 2.24) is 9.80 Å². The van der Waals surface area contributed by atoms with Crippen molar-refractivity contribution >= 4 is 23.7 Å². The molecule has 2 spiro atoms. The van der Waals surface area contributed by atoms with Crippen LogP contribution < -0.4 is 10.2 Å². The number of epoxide rings is 1. The number of fused-ring (bicyclic) bond motifs is 1. The SMILES string of the molecule is CC(=O)N1CCC23c4ccccc4NC4N(C=O)c5cccc6c5C42CCN(C6C2OC2(C)C)C13. The number of rotatable bonds is 2. The van der Waals surface area contributed by atoms with E-state index in [-0.39, 0.29) is 46.8 Å². The summed E-state index contributed by atoms with van der Waals surface area (Å²) in [5.41, 5.74) is 5.06. The van der Waals surface area contributed by atoms with Crippen LogP contribution in [0.3, 0.4) is 0 Å². The number of benzene rings is 2. The molecule has 35 heavy (non-hydrogen) atoms. The monoisotopic (exact) mass is 470 g/mol. The van der Waals surface area contributed by atoms with Gasteiger partial charge in [0, 0.05) is 36.8 Å². The maximum absolute atomic E-state index is 13.2. The number of hydrogen-bond acceptors (Lipinski definition) is 5. The summed E-state index contributed by atoms with van der Waals surface area (Å²) in [5, 5.41) is 3.81. The first-order valence-electron chi connectivity index (χ1n) is 12.8. The fourth-order valence-electron chi connectivity index (χ4n) is 8.97. The molecule has 6 heterocycles. The van der Waals surface area contributed by atoms with Gasteiger partial charge in [-0.1, -0.05) is 30.3 Å². The minimum absolute atomic E-state index is 0.0335. The molecule has 0 aromatic heterocycles. The van der Waals surface area contributed by atoms with Gasteiger partial charge in [0.25, 0.3) is 0 Å². The third-order valence-corrected chi connectivity index (χ3v) is 10.1. The third-order valence-electron chi connectivity index (χ3n) is 10.1. The van der Waals surface area contributed by atoms with Crippen molar-refractivity contribution in [3.05, 3.63) is 59.2 Å². The van der Waals surface area contributed by atoms with Crippen LogP contribution in [0.15, 0.2) is 42.5 Å². The number of hydrogen-bond donors (Lipinski definition) is 1. The summed E-state index contributed by atoms with van der Waals surface area (Å²) in [7, 11) is 0. The lowest BCUT2D eigenvalue weighted by Crippen LogP contribution is -2.73. The predicted octanol–water partition coefficient (Wildman–Crippen LogP) is 3.11. The van der Waals surface area contributed by atoms with E-state index in [4.69, 9.17) is 4.74 Å². The van der Waals surface area contributed by atoms with Gasteiger partial charge in [-0.25, -0.2) is 0 Å². The zero-order chi connectivity index (χ0) is 23.9. The molecule has 7 atom stereocenters. The van der Waals surface area contributed by atoms with E-state index in [2.05, 4.69) is 71.4 Å². The summed E-state index contributed by atoms with van der Waals surface area (Å²) in [6.07, 6.45) is 2.59. The van der Waals surface area contributed by atoms with Crippen molar-refractivity contribution in [3.8, 4) is 0 Å².